The monoisotopic (exact) mass is 279 g/mol. The molecule has 0 fully saturated rings. The molecule has 8 heteroatoms. The van der Waals surface area contributed by atoms with Crippen molar-refractivity contribution in [1.82, 2.24) is 9.80 Å². The molecule has 0 aliphatic heterocycles. The molecule has 2 N–H and O–H groups in total. The second-order valence-electron chi connectivity index (χ2n) is 4.28. The average molecular weight is 279 g/mol. The molecule has 0 aromatic carbocycles. The predicted octanol–water partition coefficient (Wildman–Crippen LogP) is -1.70. The van der Waals surface area contributed by atoms with Gasteiger partial charge in [-0.2, -0.15) is 0 Å². The molecule has 0 aromatic heterocycles. The standard InChI is InChI=1S/C10H21N3O4S/c1-12(2)9(14)7-18(16,17)8-10(15)13(3)6-4-5-11/h4-8,11H2,1-3H3. The Labute approximate surface area is 108 Å². The number of sulfone groups is 1. The fraction of sp³-hybridized carbons (Fsp3) is 0.800. The topological polar surface area (TPSA) is 101 Å². The summed E-state index contributed by atoms with van der Waals surface area (Å²) in [7, 11) is 0.737. The lowest BCUT2D eigenvalue weighted by molar-refractivity contribution is -0.127. The summed E-state index contributed by atoms with van der Waals surface area (Å²) < 4.78 is 23.2. The van der Waals surface area contributed by atoms with Crippen molar-refractivity contribution in [1.29, 1.82) is 0 Å². The molecular weight excluding hydrogens is 258 g/mol. The Morgan fingerprint density at radius 2 is 1.56 bits per heavy atom. The van der Waals surface area contributed by atoms with Gasteiger partial charge in [-0.3, -0.25) is 9.59 Å². The Morgan fingerprint density at radius 1 is 1.06 bits per heavy atom. The van der Waals surface area contributed by atoms with E-state index >= 15 is 0 Å². The molecule has 0 rings (SSSR count). The van der Waals surface area contributed by atoms with E-state index in [0.29, 0.717) is 19.5 Å². The highest BCUT2D eigenvalue weighted by atomic mass is 32.2. The van der Waals surface area contributed by atoms with Gasteiger partial charge in [-0.1, -0.05) is 0 Å². The molecule has 0 spiro atoms. The molecule has 0 bridgehead atoms. The first-order valence-corrected chi connectivity index (χ1v) is 7.36. The van der Waals surface area contributed by atoms with Gasteiger partial charge >= 0.3 is 0 Å². The fourth-order valence-corrected chi connectivity index (χ4v) is 2.45. The van der Waals surface area contributed by atoms with Crippen molar-refractivity contribution in [3.8, 4) is 0 Å². The zero-order valence-electron chi connectivity index (χ0n) is 11.0. The molecule has 0 saturated heterocycles. The second kappa shape index (κ2) is 7.32. The average Bonchev–Trinajstić information content (AvgIpc) is 2.24. The molecule has 0 atom stereocenters. The van der Waals surface area contributed by atoms with E-state index < -0.39 is 33.2 Å². The van der Waals surface area contributed by atoms with Gasteiger partial charge in [-0.05, 0) is 13.0 Å². The minimum absolute atomic E-state index is 0.409. The van der Waals surface area contributed by atoms with Gasteiger partial charge in [-0.15, -0.1) is 0 Å². The highest BCUT2D eigenvalue weighted by Gasteiger charge is 2.23. The fourth-order valence-electron chi connectivity index (χ4n) is 1.12. The summed E-state index contributed by atoms with van der Waals surface area (Å²) in [6.07, 6.45) is 0.610. The van der Waals surface area contributed by atoms with E-state index in [1.54, 1.807) is 0 Å². The molecule has 0 saturated carbocycles. The normalized spacial score (nSPS) is 11.1. The minimum atomic E-state index is -3.71. The van der Waals surface area contributed by atoms with Crippen LogP contribution < -0.4 is 5.73 Å². The zero-order valence-corrected chi connectivity index (χ0v) is 11.9. The van der Waals surface area contributed by atoms with Gasteiger partial charge in [0.1, 0.15) is 11.5 Å². The summed E-state index contributed by atoms with van der Waals surface area (Å²) in [5.41, 5.74) is 5.30. The van der Waals surface area contributed by atoms with Gasteiger partial charge in [0.2, 0.25) is 11.8 Å². The maximum absolute atomic E-state index is 11.6. The Kier molecular flexibility index (Phi) is 6.85. The smallest absolute Gasteiger partial charge is 0.237 e. The van der Waals surface area contributed by atoms with E-state index in [1.807, 2.05) is 0 Å². The van der Waals surface area contributed by atoms with Gasteiger partial charge in [0.15, 0.2) is 9.84 Å². The summed E-state index contributed by atoms with van der Waals surface area (Å²) in [5, 5.41) is 0. The molecule has 7 nitrogen and oxygen atoms in total. The van der Waals surface area contributed by atoms with Crippen molar-refractivity contribution in [3.05, 3.63) is 0 Å². The van der Waals surface area contributed by atoms with Crippen LogP contribution in [0.25, 0.3) is 0 Å². The highest BCUT2D eigenvalue weighted by molar-refractivity contribution is 7.92. The number of carbonyl (C=O) groups is 2. The van der Waals surface area contributed by atoms with Crippen molar-refractivity contribution in [2.45, 2.75) is 6.42 Å². The van der Waals surface area contributed by atoms with Crippen molar-refractivity contribution >= 4 is 21.7 Å². The van der Waals surface area contributed by atoms with E-state index in [-0.39, 0.29) is 0 Å². The third-order valence-electron chi connectivity index (χ3n) is 2.31. The van der Waals surface area contributed by atoms with E-state index in [9.17, 15) is 18.0 Å². The van der Waals surface area contributed by atoms with E-state index in [2.05, 4.69) is 0 Å². The van der Waals surface area contributed by atoms with E-state index in [0.717, 1.165) is 0 Å². The van der Waals surface area contributed by atoms with Crippen LogP contribution >= 0.6 is 0 Å². The summed E-state index contributed by atoms with van der Waals surface area (Å²) in [5.74, 6) is -2.34. The largest absolute Gasteiger partial charge is 0.348 e. The third kappa shape index (κ3) is 6.55. The first-order chi connectivity index (χ1) is 8.19. The summed E-state index contributed by atoms with van der Waals surface area (Å²) in [6, 6.07) is 0. The van der Waals surface area contributed by atoms with Gasteiger partial charge < -0.3 is 15.5 Å². The third-order valence-corrected chi connectivity index (χ3v) is 3.68. The highest BCUT2D eigenvalue weighted by Crippen LogP contribution is 1.97. The molecule has 106 valence electrons. The number of rotatable bonds is 7. The number of hydrogen-bond donors (Lipinski definition) is 1. The summed E-state index contributed by atoms with van der Waals surface area (Å²) in [6.45, 7) is 0.843. The maximum atomic E-state index is 11.6. The lowest BCUT2D eigenvalue weighted by atomic mass is 10.4. The van der Waals surface area contributed by atoms with Crippen molar-refractivity contribution in [3.63, 3.8) is 0 Å². The number of nitrogens with zero attached hydrogens (tertiary/aromatic N) is 2. The van der Waals surface area contributed by atoms with Crippen LogP contribution in [0.4, 0.5) is 0 Å². The molecule has 0 aliphatic rings. The van der Waals surface area contributed by atoms with Crippen LogP contribution in [0.2, 0.25) is 0 Å². The van der Waals surface area contributed by atoms with Crippen LogP contribution in [-0.4, -0.2) is 75.8 Å². The van der Waals surface area contributed by atoms with Crippen LogP contribution in [0.3, 0.4) is 0 Å². The lowest BCUT2D eigenvalue weighted by Gasteiger charge is -2.17. The number of hydrogen-bond acceptors (Lipinski definition) is 5. The molecule has 0 aliphatic carbocycles. The second-order valence-corrected chi connectivity index (χ2v) is 6.34. The van der Waals surface area contributed by atoms with Crippen molar-refractivity contribution in [2.75, 3.05) is 45.7 Å². The first kappa shape index (κ1) is 16.9. The Hall–Kier alpha value is -1.15. The van der Waals surface area contributed by atoms with Crippen molar-refractivity contribution < 1.29 is 18.0 Å². The SMILES string of the molecule is CN(C)C(=O)CS(=O)(=O)CC(=O)N(C)CCCN. The summed E-state index contributed by atoms with van der Waals surface area (Å²) in [4.78, 5) is 25.4. The summed E-state index contributed by atoms with van der Waals surface area (Å²) >= 11 is 0. The number of nitrogens with two attached hydrogens (primary N) is 1. The molecule has 0 unspecified atom stereocenters. The van der Waals surface area contributed by atoms with E-state index in [4.69, 9.17) is 5.73 Å². The lowest BCUT2D eigenvalue weighted by Crippen LogP contribution is -2.37. The molecule has 0 radical (unpaired) electrons. The first-order valence-electron chi connectivity index (χ1n) is 5.54. The zero-order chi connectivity index (χ0) is 14.3. The Bertz CT molecular complexity index is 392. The predicted molar refractivity (Wildman–Crippen MR) is 68.7 cm³/mol. The van der Waals surface area contributed by atoms with Crippen LogP contribution in [0.15, 0.2) is 0 Å². The van der Waals surface area contributed by atoms with Crippen molar-refractivity contribution in [2.24, 2.45) is 5.73 Å². The van der Waals surface area contributed by atoms with Crippen LogP contribution in [0.5, 0.6) is 0 Å². The maximum Gasteiger partial charge on any atom is 0.237 e. The van der Waals surface area contributed by atoms with Crippen LogP contribution in [0.1, 0.15) is 6.42 Å². The Morgan fingerprint density at radius 3 is 2.00 bits per heavy atom. The molecular formula is C10H21N3O4S. The van der Waals surface area contributed by atoms with Gasteiger partial charge in [0, 0.05) is 27.7 Å². The Balaban J connectivity index is 4.40. The van der Waals surface area contributed by atoms with Gasteiger partial charge in [-0.25, -0.2) is 8.42 Å². The van der Waals surface area contributed by atoms with Gasteiger partial charge in [0.05, 0.1) is 0 Å². The number of amides is 2. The molecule has 18 heavy (non-hydrogen) atoms. The molecule has 2 amide bonds. The minimum Gasteiger partial charge on any atom is -0.348 e. The van der Waals surface area contributed by atoms with Gasteiger partial charge in [0.25, 0.3) is 0 Å². The number of carbonyl (C=O) groups excluding carboxylic acids is 2. The molecule has 0 aromatic rings. The van der Waals surface area contributed by atoms with Crippen LogP contribution in [0, 0.1) is 0 Å². The van der Waals surface area contributed by atoms with E-state index in [1.165, 1.54) is 30.9 Å². The molecule has 0 heterocycles. The quantitative estimate of drug-likeness (QED) is 0.598. The van der Waals surface area contributed by atoms with Crippen LogP contribution in [-0.2, 0) is 19.4 Å².